The maximum Gasteiger partial charge on any atom is 0.258 e. The molecule has 0 aliphatic carbocycles. The number of hydrogen-bond donors (Lipinski definition) is 2. The lowest BCUT2D eigenvalue weighted by molar-refractivity contribution is -0.123. The van der Waals surface area contributed by atoms with Gasteiger partial charge in [0.25, 0.3) is 5.91 Å². The standard InChI is InChI=1S/C20H25ClN2O4S/c1-4-14(2)23-28(25,26)19-11-9-18(10-12-19)27-13-20(24)22-15(3)16-5-7-17(21)8-6-16/h5-12,14-15,23H,4,13H2,1-3H3,(H,22,24)/t14-,15+/m0/s1. The van der Waals surface area contributed by atoms with Gasteiger partial charge in [0, 0.05) is 11.1 Å². The van der Waals surface area contributed by atoms with Crippen LogP contribution < -0.4 is 14.8 Å². The molecule has 0 bridgehead atoms. The van der Waals surface area contributed by atoms with Crippen LogP contribution in [0.15, 0.2) is 53.4 Å². The molecular weight excluding hydrogens is 400 g/mol. The third-order valence-electron chi connectivity index (χ3n) is 4.22. The van der Waals surface area contributed by atoms with E-state index in [9.17, 15) is 13.2 Å². The third-order valence-corrected chi connectivity index (χ3v) is 6.08. The van der Waals surface area contributed by atoms with Crippen molar-refractivity contribution in [2.24, 2.45) is 0 Å². The molecule has 0 heterocycles. The summed E-state index contributed by atoms with van der Waals surface area (Å²) in [6.07, 6.45) is 0.698. The summed E-state index contributed by atoms with van der Waals surface area (Å²) in [5.41, 5.74) is 0.932. The Morgan fingerprint density at radius 2 is 1.68 bits per heavy atom. The number of ether oxygens (including phenoxy) is 1. The zero-order chi connectivity index (χ0) is 20.7. The highest BCUT2D eigenvalue weighted by Crippen LogP contribution is 2.18. The Kier molecular flexibility index (Phi) is 7.86. The third kappa shape index (κ3) is 6.51. The highest BCUT2D eigenvalue weighted by Gasteiger charge is 2.16. The molecule has 8 heteroatoms. The Labute approximate surface area is 171 Å². The van der Waals surface area contributed by atoms with Crippen LogP contribution in [-0.4, -0.2) is 27.0 Å². The fraction of sp³-hybridized carbons (Fsp3) is 0.350. The van der Waals surface area contributed by atoms with Crippen molar-refractivity contribution in [2.75, 3.05) is 6.61 Å². The van der Waals surface area contributed by atoms with Gasteiger partial charge in [-0.15, -0.1) is 0 Å². The number of hydrogen-bond acceptors (Lipinski definition) is 4. The highest BCUT2D eigenvalue weighted by molar-refractivity contribution is 7.89. The summed E-state index contributed by atoms with van der Waals surface area (Å²) in [6, 6.07) is 12.9. The van der Waals surface area contributed by atoms with E-state index in [0.717, 1.165) is 5.56 Å². The largest absolute Gasteiger partial charge is 0.484 e. The lowest BCUT2D eigenvalue weighted by Gasteiger charge is -2.15. The lowest BCUT2D eigenvalue weighted by atomic mass is 10.1. The van der Waals surface area contributed by atoms with Crippen molar-refractivity contribution < 1.29 is 17.9 Å². The zero-order valence-corrected chi connectivity index (χ0v) is 17.7. The maximum atomic E-state index is 12.2. The minimum absolute atomic E-state index is 0.146. The summed E-state index contributed by atoms with van der Waals surface area (Å²) >= 11 is 5.86. The molecule has 0 spiro atoms. The molecule has 1 amide bonds. The van der Waals surface area contributed by atoms with Gasteiger partial charge in [0.1, 0.15) is 5.75 Å². The van der Waals surface area contributed by atoms with Gasteiger partial charge < -0.3 is 10.1 Å². The highest BCUT2D eigenvalue weighted by atomic mass is 35.5. The number of carbonyl (C=O) groups excluding carboxylic acids is 1. The van der Waals surface area contributed by atoms with Gasteiger partial charge in [0.2, 0.25) is 10.0 Å². The fourth-order valence-corrected chi connectivity index (χ4v) is 3.85. The number of carbonyl (C=O) groups is 1. The summed E-state index contributed by atoms with van der Waals surface area (Å²) in [5, 5.41) is 3.47. The van der Waals surface area contributed by atoms with E-state index in [-0.39, 0.29) is 29.5 Å². The molecule has 6 nitrogen and oxygen atoms in total. The molecule has 0 unspecified atom stereocenters. The van der Waals surface area contributed by atoms with Crippen LogP contribution in [0.25, 0.3) is 0 Å². The topological polar surface area (TPSA) is 84.5 Å². The number of amides is 1. The van der Waals surface area contributed by atoms with E-state index < -0.39 is 10.0 Å². The smallest absolute Gasteiger partial charge is 0.258 e. The number of halogens is 1. The van der Waals surface area contributed by atoms with Gasteiger partial charge in [-0.1, -0.05) is 30.7 Å². The molecule has 152 valence electrons. The second kappa shape index (κ2) is 9.91. The van der Waals surface area contributed by atoms with Gasteiger partial charge in [0.15, 0.2) is 6.61 Å². The first-order valence-electron chi connectivity index (χ1n) is 9.01. The first-order valence-corrected chi connectivity index (χ1v) is 10.9. The number of nitrogens with one attached hydrogen (secondary N) is 2. The SMILES string of the molecule is CC[C@H](C)NS(=O)(=O)c1ccc(OCC(=O)N[C@H](C)c2ccc(Cl)cc2)cc1. The summed E-state index contributed by atoms with van der Waals surface area (Å²) in [4.78, 5) is 12.2. The zero-order valence-electron chi connectivity index (χ0n) is 16.1. The summed E-state index contributed by atoms with van der Waals surface area (Å²) in [6.45, 7) is 5.40. The van der Waals surface area contributed by atoms with E-state index in [1.54, 1.807) is 19.1 Å². The molecule has 2 rings (SSSR count). The summed E-state index contributed by atoms with van der Waals surface area (Å²) in [5.74, 6) is 0.134. The Bertz CT molecular complexity index is 883. The van der Waals surface area contributed by atoms with Crippen molar-refractivity contribution in [3.8, 4) is 5.75 Å². The Morgan fingerprint density at radius 3 is 2.25 bits per heavy atom. The first-order chi connectivity index (χ1) is 13.2. The fourth-order valence-electron chi connectivity index (χ4n) is 2.40. The van der Waals surface area contributed by atoms with E-state index in [0.29, 0.717) is 17.2 Å². The molecule has 0 aromatic heterocycles. The van der Waals surface area contributed by atoms with Crippen molar-refractivity contribution in [3.63, 3.8) is 0 Å². The average molecular weight is 425 g/mol. The summed E-state index contributed by atoms with van der Waals surface area (Å²) in [7, 11) is -3.56. The maximum absolute atomic E-state index is 12.2. The molecule has 0 aliphatic rings. The normalized spacial score (nSPS) is 13.6. The van der Waals surface area contributed by atoms with Crippen LogP contribution in [-0.2, 0) is 14.8 Å². The molecule has 28 heavy (non-hydrogen) atoms. The molecule has 2 aromatic rings. The van der Waals surface area contributed by atoms with Crippen LogP contribution in [0.5, 0.6) is 5.75 Å². The van der Waals surface area contributed by atoms with Gasteiger partial charge in [-0.05, 0) is 62.2 Å². The predicted molar refractivity (Wildman–Crippen MR) is 110 cm³/mol. The molecule has 2 aromatic carbocycles. The predicted octanol–water partition coefficient (Wildman–Crippen LogP) is 3.67. The van der Waals surface area contributed by atoms with Crippen molar-refractivity contribution in [1.82, 2.24) is 10.0 Å². The first kappa shape index (κ1) is 22.2. The molecule has 0 fully saturated rings. The number of sulfonamides is 1. The van der Waals surface area contributed by atoms with Crippen LogP contribution in [0, 0.1) is 0 Å². The Morgan fingerprint density at radius 1 is 1.07 bits per heavy atom. The van der Waals surface area contributed by atoms with Gasteiger partial charge in [-0.3, -0.25) is 4.79 Å². The van der Waals surface area contributed by atoms with Gasteiger partial charge >= 0.3 is 0 Å². The Hall–Kier alpha value is -2.09. The molecular formula is C20H25ClN2O4S. The van der Waals surface area contributed by atoms with Gasteiger partial charge in [-0.25, -0.2) is 13.1 Å². The molecule has 0 aliphatic heterocycles. The van der Waals surface area contributed by atoms with E-state index in [4.69, 9.17) is 16.3 Å². The molecule has 2 N–H and O–H groups in total. The minimum Gasteiger partial charge on any atom is -0.484 e. The van der Waals surface area contributed by atoms with E-state index >= 15 is 0 Å². The van der Waals surface area contributed by atoms with Crippen LogP contribution in [0.2, 0.25) is 5.02 Å². The van der Waals surface area contributed by atoms with Crippen molar-refractivity contribution in [1.29, 1.82) is 0 Å². The van der Waals surface area contributed by atoms with E-state index in [1.807, 2.05) is 26.0 Å². The minimum atomic E-state index is -3.56. The van der Waals surface area contributed by atoms with E-state index in [1.165, 1.54) is 24.3 Å². The van der Waals surface area contributed by atoms with Gasteiger partial charge in [0.05, 0.1) is 10.9 Å². The lowest BCUT2D eigenvalue weighted by Crippen LogP contribution is -2.32. The molecule has 0 radical (unpaired) electrons. The van der Waals surface area contributed by atoms with Crippen LogP contribution in [0.3, 0.4) is 0 Å². The number of rotatable bonds is 9. The summed E-state index contributed by atoms with van der Waals surface area (Å²) < 4.78 is 32.5. The van der Waals surface area contributed by atoms with E-state index in [2.05, 4.69) is 10.0 Å². The average Bonchev–Trinajstić information content (AvgIpc) is 2.66. The van der Waals surface area contributed by atoms with Crippen LogP contribution in [0.4, 0.5) is 0 Å². The second-order valence-corrected chi connectivity index (χ2v) is 8.68. The van der Waals surface area contributed by atoms with Crippen LogP contribution in [0.1, 0.15) is 38.8 Å². The quantitative estimate of drug-likeness (QED) is 0.643. The molecule has 0 saturated carbocycles. The van der Waals surface area contributed by atoms with Gasteiger partial charge in [-0.2, -0.15) is 0 Å². The van der Waals surface area contributed by atoms with Crippen molar-refractivity contribution in [2.45, 2.75) is 44.2 Å². The molecule has 2 atom stereocenters. The Balaban J connectivity index is 1.88. The molecule has 0 saturated heterocycles. The van der Waals surface area contributed by atoms with Crippen molar-refractivity contribution >= 4 is 27.5 Å². The van der Waals surface area contributed by atoms with Crippen molar-refractivity contribution in [3.05, 3.63) is 59.1 Å². The second-order valence-electron chi connectivity index (χ2n) is 6.53. The number of benzene rings is 2. The monoisotopic (exact) mass is 424 g/mol. The van der Waals surface area contributed by atoms with Crippen LogP contribution >= 0.6 is 11.6 Å².